The van der Waals surface area contributed by atoms with E-state index in [1.165, 1.54) is 0 Å². The molecule has 0 aliphatic rings. The van der Waals surface area contributed by atoms with Gasteiger partial charge in [0, 0.05) is 16.6 Å². The minimum atomic E-state index is -0.356. The smallest absolute Gasteiger partial charge is 0.258 e. The fourth-order valence-corrected chi connectivity index (χ4v) is 2.29. The topological polar surface area (TPSA) is 64.3 Å². The van der Waals surface area contributed by atoms with Crippen LogP contribution in [-0.2, 0) is 4.79 Å². The van der Waals surface area contributed by atoms with E-state index in [0.717, 1.165) is 17.3 Å². The number of carbonyl (C=O) groups is 1. The number of nitrogens with two attached hydrogens (primary N) is 1. The van der Waals surface area contributed by atoms with Crippen LogP contribution in [0.1, 0.15) is 26.7 Å². The maximum absolute atomic E-state index is 11.7. The molecule has 120 valence electrons. The molecule has 0 aliphatic heterocycles. The molecule has 21 heavy (non-hydrogen) atoms. The van der Waals surface area contributed by atoms with Crippen molar-refractivity contribution in [3.8, 4) is 5.75 Å². The standard InChI is InChI=1S/C14H20BrClN2O2.ClH/c1-3-14(17,4-2)9-18-13(19)8-20-12-6-5-10(15)7-11(12)16;/h5-7H,3-4,8-9,17H2,1-2H3,(H,18,19);1H. The molecule has 1 amide bonds. The fourth-order valence-electron chi connectivity index (χ4n) is 1.56. The van der Waals surface area contributed by atoms with Gasteiger partial charge in [0.25, 0.3) is 5.91 Å². The van der Waals surface area contributed by atoms with Crippen LogP contribution in [0.5, 0.6) is 5.75 Å². The molecule has 0 bridgehead atoms. The zero-order chi connectivity index (χ0) is 15.2. The van der Waals surface area contributed by atoms with Crippen LogP contribution in [0.15, 0.2) is 22.7 Å². The minimum absolute atomic E-state index is 0. The second-order valence-corrected chi connectivity index (χ2v) is 6.03. The summed E-state index contributed by atoms with van der Waals surface area (Å²) in [7, 11) is 0. The van der Waals surface area contributed by atoms with Gasteiger partial charge in [-0.15, -0.1) is 12.4 Å². The van der Waals surface area contributed by atoms with Gasteiger partial charge in [-0.25, -0.2) is 0 Å². The van der Waals surface area contributed by atoms with Crippen molar-refractivity contribution in [3.63, 3.8) is 0 Å². The van der Waals surface area contributed by atoms with E-state index in [-0.39, 0.29) is 30.5 Å². The molecule has 0 aromatic heterocycles. The van der Waals surface area contributed by atoms with Crippen molar-refractivity contribution in [2.24, 2.45) is 5.73 Å². The van der Waals surface area contributed by atoms with Crippen molar-refractivity contribution in [1.29, 1.82) is 0 Å². The Morgan fingerprint density at radius 3 is 2.57 bits per heavy atom. The molecular weight excluding hydrogens is 379 g/mol. The van der Waals surface area contributed by atoms with Crippen molar-refractivity contribution in [2.45, 2.75) is 32.2 Å². The van der Waals surface area contributed by atoms with E-state index < -0.39 is 0 Å². The van der Waals surface area contributed by atoms with Gasteiger partial charge in [-0.1, -0.05) is 41.4 Å². The van der Waals surface area contributed by atoms with Gasteiger partial charge in [0.15, 0.2) is 6.61 Å². The molecule has 0 saturated heterocycles. The summed E-state index contributed by atoms with van der Waals surface area (Å²) in [5, 5.41) is 3.25. The summed E-state index contributed by atoms with van der Waals surface area (Å²) < 4.78 is 6.24. The molecule has 0 spiro atoms. The van der Waals surface area contributed by atoms with Crippen LogP contribution < -0.4 is 15.8 Å². The SMILES string of the molecule is CCC(N)(CC)CNC(=O)COc1ccc(Br)cc1Cl.Cl. The van der Waals surface area contributed by atoms with Crippen molar-refractivity contribution < 1.29 is 9.53 Å². The molecule has 0 saturated carbocycles. The normalized spacial score (nSPS) is 10.7. The average molecular weight is 400 g/mol. The monoisotopic (exact) mass is 398 g/mol. The van der Waals surface area contributed by atoms with Crippen LogP contribution >= 0.6 is 39.9 Å². The largest absolute Gasteiger partial charge is 0.482 e. The molecule has 0 heterocycles. The molecule has 0 aliphatic carbocycles. The number of amides is 1. The first-order valence-corrected chi connectivity index (χ1v) is 7.70. The Hall–Kier alpha value is -0.490. The van der Waals surface area contributed by atoms with Crippen molar-refractivity contribution in [3.05, 3.63) is 27.7 Å². The Kier molecular flexibility index (Phi) is 9.29. The number of halogens is 3. The number of carbonyl (C=O) groups excluding carboxylic acids is 1. The van der Waals surface area contributed by atoms with Gasteiger partial charge in [0.05, 0.1) is 5.02 Å². The number of ether oxygens (including phenoxy) is 1. The lowest BCUT2D eigenvalue weighted by atomic mass is 9.94. The molecule has 1 aromatic carbocycles. The first-order valence-electron chi connectivity index (χ1n) is 6.53. The average Bonchev–Trinajstić information content (AvgIpc) is 2.44. The van der Waals surface area contributed by atoms with E-state index in [4.69, 9.17) is 22.1 Å². The molecule has 1 rings (SSSR count). The first kappa shape index (κ1) is 20.5. The van der Waals surface area contributed by atoms with Crippen LogP contribution in [0, 0.1) is 0 Å². The molecule has 1 aromatic rings. The Balaban J connectivity index is 0.00000400. The molecule has 0 fully saturated rings. The van der Waals surface area contributed by atoms with Gasteiger partial charge in [0.2, 0.25) is 0 Å². The summed E-state index contributed by atoms with van der Waals surface area (Å²) in [5.41, 5.74) is 5.75. The lowest BCUT2D eigenvalue weighted by Gasteiger charge is -2.26. The van der Waals surface area contributed by atoms with Crippen LogP contribution in [0.25, 0.3) is 0 Å². The zero-order valence-corrected chi connectivity index (χ0v) is 15.3. The number of hydrogen-bond acceptors (Lipinski definition) is 3. The van der Waals surface area contributed by atoms with Gasteiger partial charge < -0.3 is 15.8 Å². The van der Waals surface area contributed by atoms with Gasteiger partial charge in [0.1, 0.15) is 5.75 Å². The summed E-state index contributed by atoms with van der Waals surface area (Å²) in [6, 6.07) is 5.23. The molecule has 0 radical (unpaired) electrons. The lowest BCUT2D eigenvalue weighted by molar-refractivity contribution is -0.123. The highest BCUT2D eigenvalue weighted by atomic mass is 79.9. The van der Waals surface area contributed by atoms with Gasteiger partial charge in [-0.2, -0.15) is 0 Å². The summed E-state index contributed by atoms with van der Waals surface area (Å²) in [6.45, 7) is 4.38. The number of rotatable bonds is 7. The Morgan fingerprint density at radius 1 is 1.43 bits per heavy atom. The maximum Gasteiger partial charge on any atom is 0.258 e. The summed E-state index contributed by atoms with van der Waals surface area (Å²) >= 11 is 9.31. The summed E-state index contributed by atoms with van der Waals surface area (Å²) in [6.07, 6.45) is 1.62. The van der Waals surface area contributed by atoms with Crippen molar-refractivity contribution in [1.82, 2.24) is 5.32 Å². The molecule has 0 unspecified atom stereocenters. The molecule has 0 atom stereocenters. The van der Waals surface area contributed by atoms with Crippen molar-refractivity contribution >= 4 is 45.8 Å². The predicted molar refractivity (Wildman–Crippen MR) is 92.4 cm³/mol. The highest BCUT2D eigenvalue weighted by Crippen LogP contribution is 2.27. The molecule has 3 N–H and O–H groups in total. The fraction of sp³-hybridized carbons (Fsp3) is 0.500. The summed E-state index contributed by atoms with van der Waals surface area (Å²) in [5.74, 6) is 0.274. The molecule has 7 heteroatoms. The predicted octanol–water partition coefficient (Wildman–Crippen LogP) is 3.54. The number of hydrogen-bond donors (Lipinski definition) is 2. The van der Waals surface area contributed by atoms with Crippen molar-refractivity contribution in [2.75, 3.05) is 13.2 Å². The first-order chi connectivity index (χ1) is 9.40. The second kappa shape index (κ2) is 9.51. The van der Waals surface area contributed by atoms with E-state index in [9.17, 15) is 4.79 Å². The minimum Gasteiger partial charge on any atom is -0.482 e. The van der Waals surface area contributed by atoms with E-state index in [2.05, 4.69) is 21.2 Å². The lowest BCUT2D eigenvalue weighted by Crippen LogP contribution is -2.50. The Bertz CT molecular complexity index is 468. The van der Waals surface area contributed by atoms with E-state index in [1.54, 1.807) is 18.2 Å². The second-order valence-electron chi connectivity index (χ2n) is 4.71. The molecule has 4 nitrogen and oxygen atoms in total. The third kappa shape index (κ3) is 6.87. The summed E-state index contributed by atoms with van der Waals surface area (Å²) in [4.78, 5) is 11.7. The zero-order valence-electron chi connectivity index (χ0n) is 12.1. The van der Waals surface area contributed by atoms with Crippen LogP contribution in [0.3, 0.4) is 0 Å². The maximum atomic E-state index is 11.7. The number of nitrogens with one attached hydrogen (secondary N) is 1. The van der Waals surface area contributed by atoms with Crippen LogP contribution in [-0.4, -0.2) is 24.6 Å². The van der Waals surface area contributed by atoms with E-state index in [0.29, 0.717) is 17.3 Å². The highest BCUT2D eigenvalue weighted by molar-refractivity contribution is 9.10. The quantitative estimate of drug-likeness (QED) is 0.736. The number of benzene rings is 1. The van der Waals surface area contributed by atoms with Crippen LogP contribution in [0.4, 0.5) is 0 Å². The Morgan fingerprint density at radius 2 is 2.05 bits per heavy atom. The highest BCUT2D eigenvalue weighted by Gasteiger charge is 2.20. The Labute approximate surface area is 145 Å². The van der Waals surface area contributed by atoms with E-state index in [1.807, 2.05) is 13.8 Å². The third-order valence-corrected chi connectivity index (χ3v) is 4.09. The third-order valence-electron chi connectivity index (χ3n) is 3.30. The van der Waals surface area contributed by atoms with Gasteiger partial charge >= 0.3 is 0 Å². The van der Waals surface area contributed by atoms with E-state index >= 15 is 0 Å². The molecular formula is C14H21BrCl2N2O2. The van der Waals surface area contributed by atoms with Gasteiger partial charge in [-0.3, -0.25) is 4.79 Å². The van der Waals surface area contributed by atoms with Crippen LogP contribution in [0.2, 0.25) is 5.02 Å². The van der Waals surface area contributed by atoms with Gasteiger partial charge in [-0.05, 0) is 31.0 Å².